The summed E-state index contributed by atoms with van der Waals surface area (Å²) in [6, 6.07) is 15.7. The van der Waals surface area contributed by atoms with E-state index in [9.17, 15) is 19.5 Å². The number of hydrogen-bond acceptors (Lipinski definition) is 5. The van der Waals surface area contributed by atoms with E-state index in [1.165, 1.54) is 13.3 Å². The van der Waals surface area contributed by atoms with Gasteiger partial charge in [-0.2, -0.15) is 0 Å². The van der Waals surface area contributed by atoms with Gasteiger partial charge in [0.15, 0.2) is 5.75 Å². The van der Waals surface area contributed by atoms with Gasteiger partial charge >= 0.3 is 12.1 Å². The smallest absolute Gasteiger partial charge is 0.410 e. The summed E-state index contributed by atoms with van der Waals surface area (Å²) in [6.07, 6.45) is 2.53. The SMILES string of the molecule is COc1c(-c2ccc3c(c2)C(C)N(C(=O)OCc2ccccc2)C3)c(F)cc2c(=O)c(C(=O)O)cn(C3CC3)c12. The number of methoxy groups -OCH3 is 1. The van der Waals surface area contributed by atoms with Crippen LogP contribution in [0.3, 0.4) is 0 Å². The number of benzene rings is 3. The van der Waals surface area contributed by atoms with Crippen molar-refractivity contribution in [2.45, 2.75) is 45.0 Å². The molecule has 1 aromatic heterocycles. The van der Waals surface area contributed by atoms with Gasteiger partial charge in [0.05, 0.1) is 29.6 Å². The minimum Gasteiger partial charge on any atom is -0.494 e. The standard InChI is InChI=1S/C31H27FN2O6/c1-17-22-12-19(8-9-20(22)14-33(17)31(38)40-16-18-6-4-3-5-7-18)26-25(32)13-23-27(29(26)39-2)34(21-10-11-21)15-24(28(23)35)30(36)37/h3-9,12-13,15,17,21H,10-11,14,16H2,1-2H3,(H,36,37). The number of ether oxygens (including phenoxy) is 2. The first-order valence-electron chi connectivity index (χ1n) is 13.1. The van der Waals surface area contributed by atoms with E-state index in [1.54, 1.807) is 15.5 Å². The Kier molecular flexibility index (Phi) is 6.29. The molecule has 0 saturated heterocycles. The van der Waals surface area contributed by atoms with Crippen LogP contribution in [0, 0.1) is 5.82 Å². The number of rotatable bonds is 6. The van der Waals surface area contributed by atoms with Crippen LogP contribution in [0.1, 0.15) is 58.9 Å². The van der Waals surface area contributed by atoms with Crippen molar-refractivity contribution < 1.29 is 28.6 Å². The number of fused-ring (bicyclic) bond motifs is 2. The van der Waals surface area contributed by atoms with Gasteiger partial charge in [-0.25, -0.2) is 14.0 Å². The van der Waals surface area contributed by atoms with Crippen molar-refractivity contribution in [3.63, 3.8) is 0 Å². The average Bonchev–Trinajstić information content (AvgIpc) is 3.75. The van der Waals surface area contributed by atoms with Gasteiger partial charge in [-0.15, -0.1) is 0 Å². The van der Waals surface area contributed by atoms with Crippen LogP contribution in [-0.4, -0.2) is 33.7 Å². The van der Waals surface area contributed by atoms with Crippen LogP contribution in [0.4, 0.5) is 9.18 Å². The maximum absolute atomic E-state index is 15.8. The molecule has 2 aliphatic rings. The molecule has 0 bridgehead atoms. The van der Waals surface area contributed by atoms with Gasteiger partial charge < -0.3 is 19.1 Å². The summed E-state index contributed by atoms with van der Waals surface area (Å²) in [5.74, 6) is -1.89. The van der Waals surface area contributed by atoms with Crippen molar-refractivity contribution in [3.05, 3.63) is 99.1 Å². The monoisotopic (exact) mass is 542 g/mol. The van der Waals surface area contributed by atoms with Crippen LogP contribution in [-0.2, 0) is 17.9 Å². The molecule has 3 aromatic carbocycles. The Labute approximate surface area is 229 Å². The molecule has 2 heterocycles. The lowest BCUT2D eigenvalue weighted by Crippen LogP contribution is -2.28. The lowest BCUT2D eigenvalue weighted by Gasteiger charge is -2.21. The number of nitrogens with zero attached hydrogens (tertiary/aromatic N) is 2. The van der Waals surface area contributed by atoms with Crippen LogP contribution in [0.2, 0.25) is 0 Å². The fourth-order valence-electron chi connectivity index (χ4n) is 5.51. The predicted molar refractivity (Wildman–Crippen MR) is 146 cm³/mol. The summed E-state index contributed by atoms with van der Waals surface area (Å²) >= 11 is 0. The Balaban J connectivity index is 1.39. The summed E-state index contributed by atoms with van der Waals surface area (Å²) in [7, 11) is 1.41. The number of aromatic nitrogens is 1. The molecule has 204 valence electrons. The third-order valence-corrected chi connectivity index (χ3v) is 7.73. The molecule has 0 radical (unpaired) electrons. The van der Waals surface area contributed by atoms with Crippen LogP contribution in [0.5, 0.6) is 5.75 Å². The number of halogens is 1. The molecule has 8 nitrogen and oxygen atoms in total. The lowest BCUT2D eigenvalue weighted by molar-refractivity contribution is 0.0694. The van der Waals surface area contributed by atoms with E-state index in [-0.39, 0.29) is 35.4 Å². The molecule has 0 spiro atoms. The van der Waals surface area contributed by atoms with E-state index >= 15 is 4.39 Å². The van der Waals surface area contributed by atoms with Crippen molar-refractivity contribution in [1.29, 1.82) is 0 Å². The van der Waals surface area contributed by atoms with E-state index in [0.29, 0.717) is 17.6 Å². The number of pyridine rings is 1. The fraction of sp³-hybridized carbons (Fsp3) is 0.258. The van der Waals surface area contributed by atoms with E-state index < -0.39 is 28.9 Å². The quantitative estimate of drug-likeness (QED) is 0.318. The second kappa shape index (κ2) is 9.82. The molecule has 6 rings (SSSR count). The van der Waals surface area contributed by atoms with E-state index in [1.807, 2.05) is 49.4 Å². The van der Waals surface area contributed by atoms with Crippen molar-refractivity contribution in [3.8, 4) is 16.9 Å². The van der Waals surface area contributed by atoms with Gasteiger partial charge in [0, 0.05) is 18.8 Å². The van der Waals surface area contributed by atoms with E-state index in [0.717, 1.165) is 35.6 Å². The maximum atomic E-state index is 15.8. The minimum absolute atomic E-state index is 0.00362. The summed E-state index contributed by atoms with van der Waals surface area (Å²) in [5.41, 5.74) is 2.59. The Bertz CT molecular complexity index is 1730. The first-order chi connectivity index (χ1) is 19.3. The molecule has 9 heteroatoms. The highest BCUT2D eigenvalue weighted by molar-refractivity contribution is 5.98. The molecular weight excluding hydrogens is 515 g/mol. The molecule has 1 N–H and O–H groups in total. The molecule has 40 heavy (non-hydrogen) atoms. The van der Waals surface area contributed by atoms with Crippen LogP contribution < -0.4 is 10.2 Å². The van der Waals surface area contributed by atoms with Gasteiger partial charge in [0.1, 0.15) is 18.0 Å². The number of carbonyl (C=O) groups is 2. The van der Waals surface area contributed by atoms with Gasteiger partial charge in [-0.3, -0.25) is 9.69 Å². The van der Waals surface area contributed by atoms with Crippen molar-refractivity contribution >= 4 is 23.0 Å². The predicted octanol–water partition coefficient (Wildman–Crippen LogP) is 6.06. The number of carboxylic acid groups (broad SMARTS) is 1. The van der Waals surface area contributed by atoms with Gasteiger partial charge in [0.25, 0.3) is 0 Å². The highest BCUT2D eigenvalue weighted by atomic mass is 19.1. The number of carbonyl (C=O) groups excluding carboxylic acids is 1. The molecule has 1 saturated carbocycles. The third-order valence-electron chi connectivity index (χ3n) is 7.73. The maximum Gasteiger partial charge on any atom is 0.410 e. The molecule has 4 aromatic rings. The Hall–Kier alpha value is -4.66. The molecule has 1 amide bonds. The largest absolute Gasteiger partial charge is 0.494 e. The molecule has 1 unspecified atom stereocenters. The van der Waals surface area contributed by atoms with E-state index in [2.05, 4.69) is 0 Å². The highest BCUT2D eigenvalue weighted by Crippen LogP contribution is 2.45. The topological polar surface area (TPSA) is 98.1 Å². The summed E-state index contributed by atoms with van der Waals surface area (Å²) in [4.78, 5) is 39.3. The van der Waals surface area contributed by atoms with Gasteiger partial charge in [-0.1, -0.05) is 42.5 Å². The Morgan fingerprint density at radius 3 is 2.52 bits per heavy atom. The van der Waals surface area contributed by atoms with Crippen LogP contribution in [0.25, 0.3) is 22.0 Å². The molecule has 1 atom stereocenters. The Morgan fingerprint density at radius 2 is 1.85 bits per heavy atom. The zero-order valence-corrected chi connectivity index (χ0v) is 22.0. The summed E-state index contributed by atoms with van der Waals surface area (Å²) in [5, 5.41) is 9.54. The number of carboxylic acids is 1. The minimum atomic E-state index is -1.36. The zero-order valence-electron chi connectivity index (χ0n) is 22.0. The average molecular weight is 543 g/mol. The highest BCUT2D eigenvalue weighted by Gasteiger charge is 2.34. The number of hydrogen-bond donors (Lipinski definition) is 1. The van der Waals surface area contributed by atoms with Crippen LogP contribution in [0.15, 0.2) is 65.6 Å². The Morgan fingerprint density at radius 1 is 1.10 bits per heavy atom. The molecular formula is C31H27FN2O6. The lowest BCUT2D eigenvalue weighted by atomic mass is 9.95. The van der Waals surface area contributed by atoms with Crippen LogP contribution >= 0.6 is 0 Å². The number of amides is 1. The second-order valence-corrected chi connectivity index (χ2v) is 10.2. The molecule has 1 aliphatic carbocycles. The molecule has 1 aliphatic heterocycles. The van der Waals surface area contributed by atoms with Crippen molar-refractivity contribution in [2.75, 3.05) is 7.11 Å². The second-order valence-electron chi connectivity index (χ2n) is 10.2. The third kappa shape index (κ3) is 4.27. The zero-order chi connectivity index (χ0) is 28.1. The fourth-order valence-corrected chi connectivity index (χ4v) is 5.51. The normalized spacial score (nSPS) is 16.2. The van der Waals surface area contributed by atoms with Crippen molar-refractivity contribution in [2.24, 2.45) is 0 Å². The van der Waals surface area contributed by atoms with Gasteiger partial charge in [0.2, 0.25) is 5.43 Å². The number of aromatic carboxylic acids is 1. The van der Waals surface area contributed by atoms with Gasteiger partial charge in [-0.05, 0) is 54.2 Å². The summed E-state index contributed by atoms with van der Waals surface area (Å²) in [6.45, 7) is 2.42. The molecule has 1 fully saturated rings. The first-order valence-corrected chi connectivity index (χ1v) is 13.1. The summed E-state index contributed by atoms with van der Waals surface area (Å²) < 4.78 is 28.8. The first kappa shape index (κ1) is 25.6. The van der Waals surface area contributed by atoms with E-state index in [4.69, 9.17) is 9.47 Å². The van der Waals surface area contributed by atoms with Crippen molar-refractivity contribution in [1.82, 2.24) is 9.47 Å².